The lowest BCUT2D eigenvalue weighted by Crippen LogP contribution is -2.52. The van der Waals surface area contributed by atoms with E-state index in [9.17, 15) is 9.59 Å². The van der Waals surface area contributed by atoms with Crippen molar-refractivity contribution in [2.45, 2.75) is 32.3 Å². The van der Waals surface area contributed by atoms with Gasteiger partial charge in [-0.1, -0.05) is 32.0 Å². The first kappa shape index (κ1) is 21.2. The maximum atomic E-state index is 12.8. The summed E-state index contributed by atoms with van der Waals surface area (Å²) >= 11 is 0. The second kappa shape index (κ2) is 9.43. The Kier molecular flexibility index (Phi) is 6.46. The number of benzene rings is 1. The van der Waals surface area contributed by atoms with Gasteiger partial charge in [-0.2, -0.15) is 0 Å². The molecule has 164 valence electrons. The molecule has 0 aliphatic carbocycles. The SMILES string of the molecule is CC(C)c1ncc(C(=O)N2CCOC(C(=O)NCCN3CCc4ccccc43)C2)cn1. The molecule has 0 radical (unpaired) electrons. The van der Waals surface area contributed by atoms with Crippen molar-refractivity contribution in [1.82, 2.24) is 20.2 Å². The van der Waals surface area contributed by atoms with E-state index in [1.54, 1.807) is 17.3 Å². The minimum absolute atomic E-state index is 0.176. The molecule has 0 spiro atoms. The third kappa shape index (κ3) is 4.85. The van der Waals surface area contributed by atoms with Gasteiger partial charge in [-0.3, -0.25) is 9.59 Å². The molecule has 2 amide bonds. The maximum Gasteiger partial charge on any atom is 0.257 e. The Hall–Kier alpha value is -3.00. The fourth-order valence-corrected chi connectivity index (χ4v) is 3.99. The molecule has 1 saturated heterocycles. The van der Waals surface area contributed by atoms with Gasteiger partial charge < -0.3 is 19.9 Å². The zero-order valence-corrected chi connectivity index (χ0v) is 18.1. The van der Waals surface area contributed by atoms with E-state index in [0.717, 1.165) is 19.5 Å². The summed E-state index contributed by atoms with van der Waals surface area (Å²) in [4.78, 5) is 37.9. The summed E-state index contributed by atoms with van der Waals surface area (Å²) in [6, 6.07) is 8.37. The molecule has 31 heavy (non-hydrogen) atoms. The Labute approximate surface area is 182 Å². The zero-order valence-electron chi connectivity index (χ0n) is 18.1. The van der Waals surface area contributed by atoms with E-state index in [0.29, 0.717) is 31.1 Å². The predicted molar refractivity (Wildman–Crippen MR) is 117 cm³/mol. The summed E-state index contributed by atoms with van der Waals surface area (Å²) in [6.45, 7) is 7.25. The number of anilines is 1. The number of morpholine rings is 1. The van der Waals surface area contributed by atoms with Crippen LogP contribution in [0.1, 0.15) is 41.5 Å². The molecule has 1 atom stereocenters. The van der Waals surface area contributed by atoms with Gasteiger partial charge in [-0.15, -0.1) is 0 Å². The Morgan fingerprint density at radius 1 is 1.19 bits per heavy atom. The largest absolute Gasteiger partial charge is 0.369 e. The van der Waals surface area contributed by atoms with Gasteiger partial charge in [0.1, 0.15) is 5.82 Å². The molecule has 1 aromatic carbocycles. The summed E-state index contributed by atoms with van der Waals surface area (Å²) in [7, 11) is 0. The first-order chi connectivity index (χ1) is 15.0. The molecule has 1 fully saturated rings. The summed E-state index contributed by atoms with van der Waals surface area (Å²) < 4.78 is 5.63. The van der Waals surface area contributed by atoms with Crippen molar-refractivity contribution in [1.29, 1.82) is 0 Å². The van der Waals surface area contributed by atoms with Crippen LogP contribution >= 0.6 is 0 Å². The van der Waals surface area contributed by atoms with E-state index in [4.69, 9.17) is 4.74 Å². The van der Waals surface area contributed by atoms with Gasteiger partial charge in [0.2, 0.25) is 0 Å². The van der Waals surface area contributed by atoms with Gasteiger partial charge in [-0.25, -0.2) is 9.97 Å². The molecule has 3 heterocycles. The number of rotatable bonds is 6. The lowest BCUT2D eigenvalue weighted by Gasteiger charge is -2.32. The van der Waals surface area contributed by atoms with Crippen LogP contribution in [0.15, 0.2) is 36.7 Å². The number of hydrogen-bond acceptors (Lipinski definition) is 6. The van der Waals surface area contributed by atoms with Crippen molar-refractivity contribution in [3.8, 4) is 0 Å². The van der Waals surface area contributed by atoms with Crippen LogP contribution in [0, 0.1) is 0 Å². The van der Waals surface area contributed by atoms with Crippen LogP contribution in [0.5, 0.6) is 0 Å². The van der Waals surface area contributed by atoms with E-state index >= 15 is 0 Å². The van der Waals surface area contributed by atoms with Crippen LogP contribution in [0.4, 0.5) is 5.69 Å². The standard InChI is InChI=1S/C23H29N5O3/c1-16(2)21-25-13-18(14-26-21)23(30)28-11-12-31-20(15-28)22(29)24-8-10-27-9-7-17-5-3-4-6-19(17)27/h3-6,13-14,16,20H,7-12,15H2,1-2H3,(H,24,29). The summed E-state index contributed by atoms with van der Waals surface area (Å²) in [5, 5.41) is 2.96. The Balaban J connectivity index is 1.28. The molecule has 1 unspecified atom stereocenters. The van der Waals surface area contributed by atoms with Gasteiger partial charge in [0.15, 0.2) is 6.10 Å². The maximum absolute atomic E-state index is 12.8. The topological polar surface area (TPSA) is 87.7 Å². The molecular weight excluding hydrogens is 394 g/mol. The number of fused-ring (bicyclic) bond motifs is 1. The quantitative estimate of drug-likeness (QED) is 0.760. The summed E-state index contributed by atoms with van der Waals surface area (Å²) in [5.74, 6) is 0.549. The van der Waals surface area contributed by atoms with Crippen LogP contribution < -0.4 is 10.2 Å². The van der Waals surface area contributed by atoms with Crippen molar-refractivity contribution in [3.05, 3.63) is 53.6 Å². The van der Waals surface area contributed by atoms with Crippen LogP contribution in [-0.4, -0.2) is 72.1 Å². The zero-order chi connectivity index (χ0) is 21.8. The van der Waals surface area contributed by atoms with Crippen LogP contribution in [0.25, 0.3) is 0 Å². The first-order valence-corrected chi connectivity index (χ1v) is 10.9. The highest BCUT2D eigenvalue weighted by Crippen LogP contribution is 2.26. The predicted octanol–water partition coefficient (Wildman–Crippen LogP) is 1.62. The summed E-state index contributed by atoms with van der Waals surface area (Å²) in [5.41, 5.74) is 3.02. The minimum Gasteiger partial charge on any atom is -0.369 e. The highest BCUT2D eigenvalue weighted by atomic mass is 16.5. The van der Waals surface area contributed by atoms with Crippen molar-refractivity contribution >= 4 is 17.5 Å². The second-order valence-electron chi connectivity index (χ2n) is 8.25. The molecule has 0 saturated carbocycles. The number of carbonyl (C=O) groups excluding carboxylic acids is 2. The monoisotopic (exact) mass is 423 g/mol. The molecule has 2 aliphatic rings. The molecule has 8 heteroatoms. The number of nitrogens with one attached hydrogen (secondary N) is 1. The molecular formula is C23H29N5O3. The second-order valence-corrected chi connectivity index (χ2v) is 8.25. The van der Waals surface area contributed by atoms with E-state index < -0.39 is 6.10 Å². The minimum atomic E-state index is -0.667. The Morgan fingerprint density at radius 3 is 2.74 bits per heavy atom. The van der Waals surface area contributed by atoms with Gasteiger partial charge in [0.05, 0.1) is 18.7 Å². The van der Waals surface area contributed by atoms with Gasteiger partial charge in [-0.05, 0) is 18.1 Å². The van der Waals surface area contributed by atoms with E-state index in [1.165, 1.54) is 11.3 Å². The lowest BCUT2D eigenvalue weighted by atomic mass is 10.2. The van der Waals surface area contributed by atoms with Gasteiger partial charge in [0.25, 0.3) is 11.8 Å². The third-order valence-corrected chi connectivity index (χ3v) is 5.75. The number of amides is 2. The molecule has 1 N–H and O–H groups in total. The Bertz CT molecular complexity index is 931. The third-order valence-electron chi connectivity index (χ3n) is 5.75. The molecule has 2 aromatic rings. The number of carbonyl (C=O) groups is 2. The highest BCUT2D eigenvalue weighted by Gasteiger charge is 2.30. The van der Waals surface area contributed by atoms with E-state index in [2.05, 4.69) is 38.4 Å². The van der Waals surface area contributed by atoms with Crippen LogP contribution in [0.3, 0.4) is 0 Å². The number of nitrogens with zero attached hydrogens (tertiary/aromatic N) is 4. The average molecular weight is 424 g/mol. The van der Waals surface area contributed by atoms with E-state index in [1.807, 2.05) is 19.9 Å². The highest BCUT2D eigenvalue weighted by molar-refractivity contribution is 5.94. The van der Waals surface area contributed by atoms with Crippen molar-refractivity contribution in [2.75, 3.05) is 44.2 Å². The number of aromatic nitrogens is 2. The molecule has 0 bridgehead atoms. The van der Waals surface area contributed by atoms with Gasteiger partial charge in [0, 0.05) is 50.2 Å². The van der Waals surface area contributed by atoms with E-state index in [-0.39, 0.29) is 24.3 Å². The van der Waals surface area contributed by atoms with Crippen LogP contribution in [0.2, 0.25) is 0 Å². The fraction of sp³-hybridized carbons (Fsp3) is 0.478. The fourth-order valence-electron chi connectivity index (χ4n) is 3.99. The molecule has 8 nitrogen and oxygen atoms in total. The number of para-hydroxylation sites is 1. The number of hydrogen-bond donors (Lipinski definition) is 1. The smallest absolute Gasteiger partial charge is 0.257 e. The molecule has 2 aliphatic heterocycles. The average Bonchev–Trinajstić information content (AvgIpc) is 3.22. The van der Waals surface area contributed by atoms with Crippen molar-refractivity contribution < 1.29 is 14.3 Å². The summed E-state index contributed by atoms with van der Waals surface area (Å²) in [6.07, 6.45) is 3.49. The number of ether oxygens (including phenoxy) is 1. The van der Waals surface area contributed by atoms with Crippen molar-refractivity contribution in [2.24, 2.45) is 0 Å². The van der Waals surface area contributed by atoms with Gasteiger partial charge >= 0.3 is 0 Å². The van der Waals surface area contributed by atoms with Crippen molar-refractivity contribution in [3.63, 3.8) is 0 Å². The lowest BCUT2D eigenvalue weighted by molar-refractivity contribution is -0.137. The Morgan fingerprint density at radius 2 is 1.97 bits per heavy atom. The first-order valence-electron chi connectivity index (χ1n) is 10.9. The molecule has 4 rings (SSSR count). The molecule has 1 aromatic heterocycles. The normalized spacial score (nSPS) is 18.2. The van der Waals surface area contributed by atoms with Crippen LogP contribution in [-0.2, 0) is 16.0 Å².